The third kappa shape index (κ3) is 5.61. The number of imide groups is 1. The highest BCUT2D eigenvalue weighted by molar-refractivity contribution is 8.18. The molecule has 0 aliphatic carbocycles. The Kier molecular flexibility index (Phi) is 7.64. The fraction of sp³-hybridized carbons (Fsp3) is 0.200. The number of aryl methyl sites for hydroxylation is 1. The molecule has 3 aromatic rings. The predicted molar refractivity (Wildman–Crippen MR) is 139 cm³/mol. The number of nitrogens with one attached hydrogen (secondary N) is 1. The summed E-state index contributed by atoms with van der Waals surface area (Å²) in [5.74, 6) is -0.696. The topological polar surface area (TPSA) is 84.3 Å². The van der Waals surface area contributed by atoms with Crippen molar-refractivity contribution in [3.05, 3.63) is 91.6 Å². The Morgan fingerprint density at radius 2 is 1.80 bits per heavy atom. The summed E-state index contributed by atoms with van der Waals surface area (Å²) in [5, 5.41) is 8.14. The first-order valence-corrected chi connectivity index (χ1v) is 12.4. The molecule has 0 spiro atoms. The van der Waals surface area contributed by atoms with E-state index in [4.69, 9.17) is 23.2 Å². The lowest BCUT2D eigenvalue weighted by molar-refractivity contribution is -0.122. The van der Waals surface area contributed by atoms with Crippen LogP contribution in [0, 0.1) is 13.8 Å². The number of benzene rings is 2. The molecule has 4 rings (SSSR count). The lowest BCUT2D eigenvalue weighted by Gasteiger charge is -2.13. The first-order chi connectivity index (χ1) is 16.7. The first kappa shape index (κ1) is 25.0. The fourth-order valence-electron chi connectivity index (χ4n) is 3.74. The van der Waals surface area contributed by atoms with Crippen molar-refractivity contribution in [1.82, 2.24) is 20.0 Å². The SMILES string of the molecule is Cc1nn(Cc2ccccc2Cl)c(C)c1C(=O)NCCN1C(=O)S/C(=C\c2ccc(Cl)cc2)C1=O. The van der Waals surface area contributed by atoms with Crippen LogP contribution in [0.4, 0.5) is 4.79 Å². The maximum absolute atomic E-state index is 12.9. The van der Waals surface area contributed by atoms with E-state index in [2.05, 4.69) is 10.4 Å². The molecule has 1 aliphatic rings. The molecule has 0 unspecified atom stereocenters. The van der Waals surface area contributed by atoms with E-state index < -0.39 is 0 Å². The molecule has 1 saturated heterocycles. The Bertz CT molecular complexity index is 1330. The van der Waals surface area contributed by atoms with Gasteiger partial charge in [0.05, 0.1) is 22.7 Å². The number of aromatic nitrogens is 2. The number of carbonyl (C=O) groups is 3. The fourth-order valence-corrected chi connectivity index (χ4v) is 4.93. The highest BCUT2D eigenvalue weighted by atomic mass is 35.5. The molecule has 35 heavy (non-hydrogen) atoms. The number of halogens is 2. The maximum atomic E-state index is 12.9. The number of hydrogen-bond donors (Lipinski definition) is 1. The minimum Gasteiger partial charge on any atom is -0.350 e. The van der Waals surface area contributed by atoms with Crippen LogP contribution in [0.5, 0.6) is 0 Å². The molecule has 2 aromatic carbocycles. The van der Waals surface area contributed by atoms with E-state index in [9.17, 15) is 14.4 Å². The van der Waals surface area contributed by atoms with Crippen molar-refractivity contribution >= 4 is 58.1 Å². The first-order valence-electron chi connectivity index (χ1n) is 10.8. The van der Waals surface area contributed by atoms with E-state index in [1.54, 1.807) is 41.9 Å². The molecule has 0 bridgehead atoms. The van der Waals surface area contributed by atoms with Gasteiger partial charge in [0.1, 0.15) is 0 Å². The van der Waals surface area contributed by atoms with Crippen molar-refractivity contribution in [3.8, 4) is 0 Å². The molecule has 7 nitrogen and oxygen atoms in total. The second kappa shape index (κ2) is 10.7. The van der Waals surface area contributed by atoms with Gasteiger partial charge in [-0.15, -0.1) is 0 Å². The molecule has 2 heterocycles. The van der Waals surface area contributed by atoms with Crippen LogP contribution in [-0.2, 0) is 11.3 Å². The van der Waals surface area contributed by atoms with E-state index >= 15 is 0 Å². The quantitative estimate of drug-likeness (QED) is 0.419. The molecule has 0 saturated carbocycles. The van der Waals surface area contributed by atoms with Gasteiger partial charge in [0.15, 0.2) is 0 Å². The average Bonchev–Trinajstić information content (AvgIpc) is 3.25. The van der Waals surface area contributed by atoms with E-state index in [1.165, 1.54) is 0 Å². The van der Waals surface area contributed by atoms with Gasteiger partial charge in [-0.25, -0.2) is 0 Å². The summed E-state index contributed by atoms with van der Waals surface area (Å²) < 4.78 is 1.74. The summed E-state index contributed by atoms with van der Waals surface area (Å²) in [5.41, 5.74) is 3.43. The minimum atomic E-state index is -0.385. The minimum absolute atomic E-state index is 0.0697. The van der Waals surface area contributed by atoms with E-state index in [-0.39, 0.29) is 30.1 Å². The average molecular weight is 529 g/mol. The van der Waals surface area contributed by atoms with Crippen LogP contribution in [0.15, 0.2) is 53.4 Å². The zero-order valence-corrected chi connectivity index (χ0v) is 21.4. The Labute approximate surface area is 217 Å². The molecule has 1 N–H and O–H groups in total. The van der Waals surface area contributed by atoms with Crippen LogP contribution in [0.25, 0.3) is 6.08 Å². The summed E-state index contributed by atoms with van der Waals surface area (Å²) >= 11 is 13.0. The van der Waals surface area contributed by atoms with Crippen molar-refractivity contribution in [3.63, 3.8) is 0 Å². The Hall–Kier alpha value is -3.07. The summed E-state index contributed by atoms with van der Waals surface area (Å²) in [6.45, 7) is 4.23. The van der Waals surface area contributed by atoms with Gasteiger partial charge in [-0.3, -0.25) is 24.0 Å². The van der Waals surface area contributed by atoms with Crippen LogP contribution < -0.4 is 5.32 Å². The van der Waals surface area contributed by atoms with Crippen molar-refractivity contribution in [2.75, 3.05) is 13.1 Å². The molecule has 0 atom stereocenters. The van der Waals surface area contributed by atoms with Crippen molar-refractivity contribution in [2.24, 2.45) is 0 Å². The van der Waals surface area contributed by atoms with Crippen LogP contribution in [0.2, 0.25) is 10.0 Å². The number of thioether (sulfide) groups is 1. The van der Waals surface area contributed by atoms with Crippen molar-refractivity contribution in [1.29, 1.82) is 0 Å². The monoisotopic (exact) mass is 528 g/mol. The third-order valence-corrected chi connectivity index (χ3v) is 7.08. The summed E-state index contributed by atoms with van der Waals surface area (Å²) in [6.07, 6.45) is 1.65. The van der Waals surface area contributed by atoms with Gasteiger partial charge < -0.3 is 5.32 Å². The molecule has 0 radical (unpaired) electrons. The van der Waals surface area contributed by atoms with Crippen molar-refractivity contribution < 1.29 is 14.4 Å². The zero-order chi connectivity index (χ0) is 25.1. The van der Waals surface area contributed by atoms with E-state index in [0.29, 0.717) is 38.4 Å². The number of rotatable bonds is 7. The number of hydrogen-bond acceptors (Lipinski definition) is 5. The van der Waals surface area contributed by atoms with Gasteiger partial charge in [0, 0.05) is 28.8 Å². The zero-order valence-electron chi connectivity index (χ0n) is 19.0. The number of amides is 3. The lowest BCUT2D eigenvalue weighted by Crippen LogP contribution is -2.37. The third-order valence-electron chi connectivity index (χ3n) is 5.55. The summed E-state index contributed by atoms with van der Waals surface area (Å²) in [4.78, 5) is 39.4. The molecule has 3 amide bonds. The van der Waals surface area contributed by atoms with E-state index in [0.717, 1.165) is 27.8 Å². The second-order valence-electron chi connectivity index (χ2n) is 7.94. The highest BCUT2D eigenvalue weighted by Crippen LogP contribution is 2.32. The Balaban J connectivity index is 1.38. The van der Waals surface area contributed by atoms with Gasteiger partial charge in [-0.1, -0.05) is 53.5 Å². The normalized spacial score (nSPS) is 14.7. The molecule has 1 aromatic heterocycles. The highest BCUT2D eigenvalue weighted by Gasteiger charge is 2.34. The van der Waals surface area contributed by atoms with Gasteiger partial charge in [-0.05, 0) is 61.0 Å². The van der Waals surface area contributed by atoms with E-state index in [1.807, 2.05) is 31.2 Å². The second-order valence-corrected chi connectivity index (χ2v) is 9.77. The summed E-state index contributed by atoms with van der Waals surface area (Å²) in [6, 6.07) is 14.5. The van der Waals surface area contributed by atoms with Gasteiger partial charge in [-0.2, -0.15) is 5.10 Å². The molecular weight excluding hydrogens is 507 g/mol. The van der Waals surface area contributed by atoms with Crippen LogP contribution in [-0.4, -0.2) is 44.8 Å². The van der Waals surface area contributed by atoms with Crippen molar-refractivity contribution in [2.45, 2.75) is 20.4 Å². The van der Waals surface area contributed by atoms with Gasteiger partial charge in [0.25, 0.3) is 17.1 Å². The Morgan fingerprint density at radius 3 is 2.51 bits per heavy atom. The molecule has 1 aliphatic heterocycles. The standard InChI is InChI=1S/C25H22Cl2N4O3S/c1-15-22(16(2)31(29-15)14-18-5-3-4-6-20(18)27)23(32)28-11-12-30-24(33)21(35-25(30)34)13-17-7-9-19(26)10-8-17/h3-10,13H,11-12,14H2,1-2H3,(H,28,32)/b21-13-. The smallest absolute Gasteiger partial charge is 0.293 e. The maximum Gasteiger partial charge on any atom is 0.293 e. The van der Waals surface area contributed by atoms with Gasteiger partial charge in [0.2, 0.25) is 0 Å². The van der Waals surface area contributed by atoms with Crippen LogP contribution >= 0.6 is 35.0 Å². The number of nitrogens with zero attached hydrogens (tertiary/aromatic N) is 3. The molecular formula is C25H22Cl2N4O3S. The Morgan fingerprint density at radius 1 is 1.09 bits per heavy atom. The predicted octanol–water partition coefficient (Wildman–Crippen LogP) is 5.32. The summed E-state index contributed by atoms with van der Waals surface area (Å²) in [7, 11) is 0. The lowest BCUT2D eigenvalue weighted by atomic mass is 10.1. The van der Waals surface area contributed by atoms with Crippen LogP contribution in [0.1, 0.15) is 32.9 Å². The van der Waals surface area contributed by atoms with Crippen LogP contribution in [0.3, 0.4) is 0 Å². The molecule has 180 valence electrons. The van der Waals surface area contributed by atoms with Gasteiger partial charge >= 0.3 is 0 Å². The molecule has 1 fully saturated rings. The largest absolute Gasteiger partial charge is 0.350 e. The number of carbonyl (C=O) groups excluding carboxylic acids is 3. The molecule has 10 heteroatoms.